The summed E-state index contributed by atoms with van der Waals surface area (Å²) in [6, 6.07) is 11.4. The van der Waals surface area contributed by atoms with Crippen molar-refractivity contribution in [1.82, 2.24) is 10.3 Å². The van der Waals surface area contributed by atoms with Crippen LogP contribution in [0.25, 0.3) is 0 Å². The fraction of sp³-hybridized carbons (Fsp3) is 0.353. The molecule has 0 unspecified atom stereocenters. The van der Waals surface area contributed by atoms with Crippen LogP contribution in [0.15, 0.2) is 42.6 Å². The normalized spacial score (nSPS) is 10.7. The first-order chi connectivity index (χ1) is 10.2. The highest BCUT2D eigenvalue weighted by molar-refractivity contribution is 5.34. The fourth-order valence-electron chi connectivity index (χ4n) is 1.89. The first-order valence-corrected chi connectivity index (χ1v) is 7.15. The molecule has 0 spiro atoms. The van der Waals surface area contributed by atoms with Gasteiger partial charge in [-0.05, 0) is 48.4 Å². The predicted molar refractivity (Wildman–Crippen MR) is 83.8 cm³/mol. The summed E-state index contributed by atoms with van der Waals surface area (Å²) < 4.78 is 10.9. The smallest absolute Gasteiger partial charge is 0.219 e. The molecule has 1 heterocycles. The van der Waals surface area contributed by atoms with E-state index in [9.17, 15) is 0 Å². The fourth-order valence-corrected chi connectivity index (χ4v) is 1.89. The Bertz CT molecular complexity index is 553. The van der Waals surface area contributed by atoms with E-state index in [0.29, 0.717) is 11.8 Å². The van der Waals surface area contributed by atoms with Crippen LogP contribution >= 0.6 is 0 Å². The van der Waals surface area contributed by atoms with Gasteiger partial charge in [0, 0.05) is 18.8 Å². The Morgan fingerprint density at radius 1 is 1.10 bits per heavy atom. The van der Waals surface area contributed by atoms with Crippen LogP contribution in [0, 0.1) is 5.92 Å². The first-order valence-electron chi connectivity index (χ1n) is 7.15. The zero-order valence-corrected chi connectivity index (χ0v) is 12.8. The minimum atomic E-state index is 0.601. The minimum absolute atomic E-state index is 0.601. The van der Waals surface area contributed by atoms with Crippen LogP contribution in [0.4, 0.5) is 0 Å². The van der Waals surface area contributed by atoms with Gasteiger partial charge < -0.3 is 14.8 Å². The number of ether oxygens (including phenoxy) is 2. The summed E-state index contributed by atoms with van der Waals surface area (Å²) in [6.07, 6.45) is 1.77. The minimum Gasteiger partial charge on any atom is -0.497 e. The van der Waals surface area contributed by atoms with Gasteiger partial charge in [0.15, 0.2) is 0 Å². The predicted octanol–water partition coefficient (Wildman–Crippen LogP) is 3.63. The summed E-state index contributed by atoms with van der Waals surface area (Å²) >= 11 is 0. The highest BCUT2D eigenvalue weighted by Gasteiger charge is 2.02. The van der Waals surface area contributed by atoms with Gasteiger partial charge in [0.2, 0.25) is 5.88 Å². The quantitative estimate of drug-likeness (QED) is 0.844. The van der Waals surface area contributed by atoms with E-state index in [2.05, 4.69) is 24.1 Å². The second-order valence-corrected chi connectivity index (χ2v) is 5.30. The Kier molecular flexibility index (Phi) is 5.58. The Labute approximate surface area is 126 Å². The number of nitrogens with zero attached hydrogens (tertiary/aromatic N) is 1. The van der Waals surface area contributed by atoms with Gasteiger partial charge in [-0.2, -0.15) is 0 Å². The van der Waals surface area contributed by atoms with Gasteiger partial charge in [0.1, 0.15) is 11.5 Å². The summed E-state index contributed by atoms with van der Waals surface area (Å²) in [5.41, 5.74) is 1.16. The van der Waals surface area contributed by atoms with Crippen molar-refractivity contribution in [3.8, 4) is 17.4 Å². The van der Waals surface area contributed by atoms with Gasteiger partial charge in [-0.1, -0.05) is 13.8 Å². The molecular formula is C17H22N2O2. The number of hydrogen-bond acceptors (Lipinski definition) is 4. The van der Waals surface area contributed by atoms with Gasteiger partial charge in [0.25, 0.3) is 0 Å². The lowest BCUT2D eigenvalue weighted by atomic mass is 10.2. The summed E-state index contributed by atoms with van der Waals surface area (Å²) in [4.78, 5) is 4.24. The van der Waals surface area contributed by atoms with Gasteiger partial charge in [-0.3, -0.25) is 0 Å². The van der Waals surface area contributed by atoms with E-state index in [0.717, 1.165) is 30.2 Å². The maximum Gasteiger partial charge on any atom is 0.219 e. The molecule has 0 saturated heterocycles. The Morgan fingerprint density at radius 2 is 1.81 bits per heavy atom. The zero-order valence-electron chi connectivity index (χ0n) is 12.8. The van der Waals surface area contributed by atoms with Crippen molar-refractivity contribution < 1.29 is 9.47 Å². The molecule has 0 bridgehead atoms. The molecule has 0 aliphatic heterocycles. The van der Waals surface area contributed by atoms with Gasteiger partial charge in [0.05, 0.1) is 7.11 Å². The lowest BCUT2D eigenvalue weighted by Crippen LogP contribution is -2.18. The molecule has 2 aromatic rings. The number of methoxy groups -OCH3 is 1. The Hall–Kier alpha value is -2.07. The van der Waals surface area contributed by atoms with Crippen LogP contribution in [0.2, 0.25) is 0 Å². The van der Waals surface area contributed by atoms with Crippen molar-refractivity contribution in [3.05, 3.63) is 48.2 Å². The molecule has 0 fully saturated rings. The molecule has 0 atom stereocenters. The Balaban J connectivity index is 1.96. The van der Waals surface area contributed by atoms with Crippen molar-refractivity contribution in [1.29, 1.82) is 0 Å². The molecule has 2 rings (SSSR count). The maximum absolute atomic E-state index is 5.75. The van der Waals surface area contributed by atoms with E-state index in [1.165, 1.54) is 0 Å². The first kappa shape index (κ1) is 15.3. The number of aromatic nitrogens is 1. The molecule has 4 heteroatoms. The lowest BCUT2D eigenvalue weighted by molar-refractivity contribution is 0.412. The second-order valence-electron chi connectivity index (χ2n) is 5.30. The summed E-state index contributed by atoms with van der Waals surface area (Å²) in [7, 11) is 1.64. The maximum atomic E-state index is 5.75. The van der Waals surface area contributed by atoms with Crippen molar-refractivity contribution >= 4 is 0 Å². The molecule has 0 saturated carbocycles. The molecule has 0 aliphatic carbocycles. The monoisotopic (exact) mass is 286 g/mol. The van der Waals surface area contributed by atoms with E-state index < -0.39 is 0 Å². The largest absolute Gasteiger partial charge is 0.497 e. The third-order valence-corrected chi connectivity index (χ3v) is 2.96. The highest BCUT2D eigenvalue weighted by atomic mass is 16.5. The van der Waals surface area contributed by atoms with E-state index in [4.69, 9.17) is 9.47 Å². The average molecular weight is 286 g/mol. The van der Waals surface area contributed by atoms with Crippen LogP contribution in [-0.2, 0) is 6.54 Å². The van der Waals surface area contributed by atoms with Crippen LogP contribution in [0.3, 0.4) is 0 Å². The second kappa shape index (κ2) is 7.64. The molecule has 4 nitrogen and oxygen atoms in total. The molecule has 1 aromatic carbocycles. The van der Waals surface area contributed by atoms with E-state index >= 15 is 0 Å². The van der Waals surface area contributed by atoms with Crippen LogP contribution < -0.4 is 14.8 Å². The summed E-state index contributed by atoms with van der Waals surface area (Å²) in [5, 5.41) is 3.41. The van der Waals surface area contributed by atoms with Gasteiger partial charge >= 0.3 is 0 Å². The van der Waals surface area contributed by atoms with E-state index in [1.807, 2.05) is 36.4 Å². The highest BCUT2D eigenvalue weighted by Crippen LogP contribution is 2.22. The number of rotatable bonds is 7. The van der Waals surface area contributed by atoms with Crippen LogP contribution in [-0.4, -0.2) is 18.6 Å². The van der Waals surface area contributed by atoms with Crippen molar-refractivity contribution in [2.75, 3.05) is 13.7 Å². The Morgan fingerprint density at radius 3 is 2.48 bits per heavy atom. The molecule has 0 aliphatic rings. The van der Waals surface area contributed by atoms with Gasteiger partial charge in [-0.15, -0.1) is 0 Å². The molecule has 1 aromatic heterocycles. The molecule has 0 amide bonds. The number of benzene rings is 1. The topological polar surface area (TPSA) is 43.4 Å². The molecule has 0 radical (unpaired) electrons. The summed E-state index contributed by atoms with van der Waals surface area (Å²) in [6.45, 7) is 6.20. The van der Waals surface area contributed by atoms with Crippen LogP contribution in [0.5, 0.6) is 17.4 Å². The standard InChI is InChI=1S/C17H22N2O2/c1-13(2)11-18-12-14-8-9-19-17(10-14)21-16-6-4-15(20-3)5-7-16/h4-10,13,18H,11-12H2,1-3H3. The van der Waals surface area contributed by atoms with Crippen molar-refractivity contribution in [2.24, 2.45) is 5.92 Å². The molecular weight excluding hydrogens is 264 g/mol. The third-order valence-electron chi connectivity index (χ3n) is 2.96. The van der Waals surface area contributed by atoms with Gasteiger partial charge in [-0.25, -0.2) is 4.98 Å². The van der Waals surface area contributed by atoms with Crippen LogP contribution in [0.1, 0.15) is 19.4 Å². The molecule has 21 heavy (non-hydrogen) atoms. The third kappa shape index (κ3) is 5.08. The SMILES string of the molecule is COc1ccc(Oc2cc(CNCC(C)C)ccn2)cc1. The molecule has 112 valence electrons. The van der Waals surface area contributed by atoms with Crippen molar-refractivity contribution in [2.45, 2.75) is 20.4 Å². The number of nitrogens with one attached hydrogen (secondary N) is 1. The van der Waals surface area contributed by atoms with E-state index in [-0.39, 0.29) is 0 Å². The number of hydrogen-bond donors (Lipinski definition) is 1. The zero-order chi connectivity index (χ0) is 15.1. The number of pyridine rings is 1. The average Bonchev–Trinajstić information content (AvgIpc) is 2.48. The van der Waals surface area contributed by atoms with Crippen molar-refractivity contribution in [3.63, 3.8) is 0 Å². The molecule has 1 N–H and O–H groups in total. The summed E-state index contributed by atoms with van der Waals surface area (Å²) in [5.74, 6) is 2.79. The van der Waals surface area contributed by atoms with E-state index in [1.54, 1.807) is 13.3 Å². The lowest BCUT2D eigenvalue weighted by Gasteiger charge is -2.09.